The Labute approximate surface area is 125 Å². The Kier molecular flexibility index (Phi) is 4.25. The summed E-state index contributed by atoms with van der Waals surface area (Å²) in [5, 5.41) is 2.82. The van der Waals surface area contributed by atoms with Crippen LogP contribution in [0.2, 0.25) is 0 Å². The number of piperazine rings is 1. The molecule has 1 N–H and O–H groups in total. The minimum atomic E-state index is -0.893. The highest BCUT2D eigenvalue weighted by molar-refractivity contribution is 5.99. The highest BCUT2D eigenvalue weighted by Crippen LogP contribution is 2.25. The van der Waals surface area contributed by atoms with Crippen molar-refractivity contribution in [1.82, 2.24) is 20.2 Å². The molecule has 114 valence electrons. The second-order valence-electron chi connectivity index (χ2n) is 6.04. The molecular weight excluding hydrogens is 268 g/mol. The van der Waals surface area contributed by atoms with Crippen molar-refractivity contribution in [3.05, 3.63) is 24.3 Å². The minimum Gasteiger partial charge on any atom is -0.340 e. The maximum atomic E-state index is 12.7. The summed E-state index contributed by atoms with van der Waals surface area (Å²) < 4.78 is 0. The van der Waals surface area contributed by atoms with Crippen LogP contribution in [0.1, 0.15) is 39.9 Å². The predicted molar refractivity (Wildman–Crippen MR) is 78.0 cm³/mol. The topological polar surface area (TPSA) is 75.2 Å². The number of carbonyl (C=O) groups excluding carboxylic acids is 2. The van der Waals surface area contributed by atoms with Crippen LogP contribution in [-0.2, 0) is 16.1 Å². The van der Waals surface area contributed by atoms with E-state index in [1.54, 1.807) is 37.2 Å². The zero-order chi connectivity index (χ0) is 15.6. The van der Waals surface area contributed by atoms with E-state index in [1.165, 1.54) is 0 Å². The quantitative estimate of drug-likeness (QED) is 0.902. The Morgan fingerprint density at radius 1 is 1.33 bits per heavy atom. The molecule has 0 aromatic carbocycles. The molecule has 1 aromatic rings. The average molecular weight is 290 g/mol. The molecule has 0 radical (unpaired) electrons. The number of rotatable bonds is 4. The predicted octanol–water partition coefficient (Wildman–Crippen LogP) is 1.13. The Morgan fingerprint density at radius 3 is 2.52 bits per heavy atom. The lowest BCUT2D eigenvalue weighted by molar-refractivity contribution is -0.156. The van der Waals surface area contributed by atoms with Crippen molar-refractivity contribution in [2.24, 2.45) is 5.92 Å². The molecule has 2 heterocycles. The second kappa shape index (κ2) is 5.79. The fraction of sp³-hybridized carbons (Fsp3) is 0.600. The van der Waals surface area contributed by atoms with Gasteiger partial charge in [-0.05, 0) is 25.8 Å². The first-order chi connectivity index (χ1) is 9.86. The van der Waals surface area contributed by atoms with E-state index in [0.717, 1.165) is 6.42 Å². The van der Waals surface area contributed by atoms with Gasteiger partial charge in [-0.2, -0.15) is 0 Å². The lowest BCUT2D eigenvalue weighted by Crippen LogP contribution is -2.69. The summed E-state index contributed by atoms with van der Waals surface area (Å²) >= 11 is 0. The van der Waals surface area contributed by atoms with Gasteiger partial charge in [-0.15, -0.1) is 0 Å². The first-order valence-electron chi connectivity index (χ1n) is 7.25. The summed E-state index contributed by atoms with van der Waals surface area (Å²) in [6.45, 7) is 7.69. The molecule has 1 aliphatic heterocycles. The van der Waals surface area contributed by atoms with Crippen LogP contribution in [0.25, 0.3) is 0 Å². The molecule has 2 amide bonds. The lowest BCUT2D eigenvalue weighted by atomic mass is 9.89. The molecule has 6 heteroatoms. The molecular formula is C15H22N4O2. The summed E-state index contributed by atoms with van der Waals surface area (Å²) in [6.07, 6.45) is 4.10. The summed E-state index contributed by atoms with van der Waals surface area (Å²) in [6, 6.07) is 1.25. The number of nitrogens with one attached hydrogen (secondary N) is 1. The van der Waals surface area contributed by atoms with Crippen molar-refractivity contribution in [1.29, 1.82) is 0 Å². The normalized spacial score (nSPS) is 22.9. The van der Waals surface area contributed by atoms with Gasteiger partial charge >= 0.3 is 0 Å². The number of aromatic nitrogens is 2. The molecule has 1 aromatic heterocycles. The number of hydrogen-bond acceptors (Lipinski definition) is 4. The van der Waals surface area contributed by atoms with Crippen LogP contribution in [0, 0.1) is 5.92 Å². The van der Waals surface area contributed by atoms with Crippen molar-refractivity contribution in [2.75, 3.05) is 0 Å². The van der Waals surface area contributed by atoms with Gasteiger partial charge in [-0.25, -0.2) is 9.97 Å². The Bertz CT molecular complexity index is 530. The van der Waals surface area contributed by atoms with Crippen LogP contribution in [0.5, 0.6) is 0 Å². The number of carbonyl (C=O) groups is 2. The van der Waals surface area contributed by atoms with Crippen LogP contribution in [0.3, 0.4) is 0 Å². The molecule has 1 aliphatic rings. The summed E-state index contributed by atoms with van der Waals surface area (Å²) in [5.74, 6) is 0.420. The molecule has 0 bridgehead atoms. The zero-order valence-electron chi connectivity index (χ0n) is 13.0. The molecule has 0 saturated carbocycles. The minimum absolute atomic E-state index is 0.0776. The van der Waals surface area contributed by atoms with Crippen LogP contribution >= 0.6 is 0 Å². The number of hydrogen-bond donors (Lipinski definition) is 1. The largest absolute Gasteiger partial charge is 0.340 e. The third kappa shape index (κ3) is 3.04. The van der Waals surface area contributed by atoms with E-state index in [1.807, 2.05) is 13.8 Å². The monoisotopic (exact) mass is 290 g/mol. The van der Waals surface area contributed by atoms with Crippen molar-refractivity contribution in [3.8, 4) is 0 Å². The Balaban J connectivity index is 2.34. The first kappa shape index (κ1) is 15.4. The fourth-order valence-electron chi connectivity index (χ4n) is 2.59. The van der Waals surface area contributed by atoms with Crippen LogP contribution in [0.4, 0.5) is 0 Å². The van der Waals surface area contributed by atoms with E-state index in [4.69, 9.17) is 0 Å². The van der Waals surface area contributed by atoms with Crippen LogP contribution in [0.15, 0.2) is 18.5 Å². The van der Waals surface area contributed by atoms with E-state index < -0.39 is 11.6 Å². The third-order valence-corrected chi connectivity index (χ3v) is 3.95. The van der Waals surface area contributed by atoms with E-state index in [9.17, 15) is 9.59 Å². The van der Waals surface area contributed by atoms with Gasteiger partial charge in [0.25, 0.3) is 0 Å². The number of amides is 2. The van der Waals surface area contributed by atoms with Gasteiger partial charge < -0.3 is 10.2 Å². The second-order valence-corrected chi connectivity index (χ2v) is 6.04. The smallest absolute Gasteiger partial charge is 0.248 e. The maximum Gasteiger partial charge on any atom is 0.248 e. The van der Waals surface area contributed by atoms with Crippen molar-refractivity contribution in [2.45, 2.75) is 52.2 Å². The highest BCUT2D eigenvalue weighted by atomic mass is 16.2. The van der Waals surface area contributed by atoms with Crippen molar-refractivity contribution < 1.29 is 9.59 Å². The van der Waals surface area contributed by atoms with Gasteiger partial charge in [-0.3, -0.25) is 9.59 Å². The summed E-state index contributed by atoms with van der Waals surface area (Å²) in [7, 11) is 0. The summed E-state index contributed by atoms with van der Waals surface area (Å²) in [4.78, 5) is 35.0. The van der Waals surface area contributed by atoms with Gasteiger partial charge in [0.05, 0.1) is 6.54 Å². The molecule has 0 spiro atoms. The third-order valence-electron chi connectivity index (χ3n) is 3.95. The Hall–Kier alpha value is -1.98. The van der Waals surface area contributed by atoms with E-state index in [-0.39, 0.29) is 24.3 Å². The molecule has 2 atom stereocenters. The number of nitrogens with zero attached hydrogens (tertiary/aromatic N) is 3. The van der Waals surface area contributed by atoms with E-state index >= 15 is 0 Å². The van der Waals surface area contributed by atoms with Crippen LogP contribution < -0.4 is 5.32 Å². The molecule has 1 saturated heterocycles. The van der Waals surface area contributed by atoms with Gasteiger partial charge in [0, 0.05) is 12.4 Å². The molecule has 0 aliphatic carbocycles. The van der Waals surface area contributed by atoms with Crippen molar-refractivity contribution >= 4 is 11.8 Å². The zero-order valence-corrected chi connectivity index (χ0v) is 13.0. The average Bonchev–Trinajstić information content (AvgIpc) is 2.44. The van der Waals surface area contributed by atoms with Crippen molar-refractivity contribution in [3.63, 3.8) is 0 Å². The van der Waals surface area contributed by atoms with Gasteiger partial charge in [0.15, 0.2) is 0 Å². The molecule has 6 nitrogen and oxygen atoms in total. The van der Waals surface area contributed by atoms with Gasteiger partial charge in [0.2, 0.25) is 11.8 Å². The van der Waals surface area contributed by atoms with Crippen LogP contribution in [-0.4, -0.2) is 38.3 Å². The van der Waals surface area contributed by atoms with Gasteiger partial charge in [-0.1, -0.05) is 20.3 Å². The molecule has 1 fully saturated rings. The van der Waals surface area contributed by atoms with Gasteiger partial charge in [0.1, 0.15) is 17.4 Å². The molecule has 2 rings (SSSR count). The standard InChI is InChI=1S/C15H22N4O2/c1-5-10(2)12-13(20)18-15(3,4)14(21)19(12)9-11-16-7-6-8-17-11/h6-8,10,12H,5,9H2,1-4H3,(H,18,20). The summed E-state index contributed by atoms with van der Waals surface area (Å²) in [5.41, 5.74) is -0.893. The van der Waals surface area contributed by atoms with E-state index in [0.29, 0.717) is 5.82 Å². The Morgan fingerprint density at radius 2 is 1.95 bits per heavy atom. The SMILES string of the molecule is CCC(C)C1C(=O)NC(C)(C)C(=O)N1Cc1ncccn1. The highest BCUT2D eigenvalue weighted by Gasteiger charge is 2.46. The van der Waals surface area contributed by atoms with E-state index in [2.05, 4.69) is 15.3 Å². The fourth-order valence-corrected chi connectivity index (χ4v) is 2.59. The molecule has 2 unspecified atom stereocenters. The first-order valence-corrected chi connectivity index (χ1v) is 7.25. The molecule has 21 heavy (non-hydrogen) atoms. The maximum absolute atomic E-state index is 12.7. The lowest BCUT2D eigenvalue weighted by Gasteiger charge is -2.44.